The van der Waals surface area contributed by atoms with Crippen molar-refractivity contribution in [2.75, 3.05) is 0 Å². The van der Waals surface area contributed by atoms with Gasteiger partial charge >= 0.3 is 0 Å². The summed E-state index contributed by atoms with van der Waals surface area (Å²) in [5, 5.41) is 5.00. The summed E-state index contributed by atoms with van der Waals surface area (Å²) in [6.45, 7) is 7.55. The number of hydrazone groups is 1. The number of benzene rings is 2. The number of nitrogens with one attached hydrogen (secondary N) is 1. The van der Waals surface area contributed by atoms with Gasteiger partial charge in [-0.2, -0.15) is 5.10 Å². The van der Waals surface area contributed by atoms with Crippen LogP contribution >= 0.6 is 23.2 Å². The maximum absolute atomic E-state index is 12.2. The van der Waals surface area contributed by atoms with Crippen LogP contribution in [0.1, 0.15) is 30.5 Å². The number of carbonyl (C=O) groups is 1. The van der Waals surface area contributed by atoms with E-state index in [1.165, 1.54) is 11.1 Å². The number of halogens is 2. The lowest BCUT2D eigenvalue weighted by molar-refractivity contribution is -0.127. The molecule has 2 aromatic rings. The van der Waals surface area contributed by atoms with E-state index in [9.17, 15) is 4.79 Å². The van der Waals surface area contributed by atoms with E-state index >= 15 is 0 Å². The maximum Gasteiger partial charge on any atom is 0.280 e. The van der Waals surface area contributed by atoms with Gasteiger partial charge in [-0.05, 0) is 68.7 Å². The van der Waals surface area contributed by atoms with Crippen molar-refractivity contribution in [1.82, 2.24) is 5.43 Å². The van der Waals surface area contributed by atoms with Crippen molar-refractivity contribution < 1.29 is 9.53 Å². The first-order valence-electron chi connectivity index (χ1n) is 7.81. The van der Waals surface area contributed by atoms with Crippen LogP contribution in [-0.4, -0.2) is 17.7 Å². The van der Waals surface area contributed by atoms with Crippen molar-refractivity contribution in [3.05, 3.63) is 63.1 Å². The highest BCUT2D eigenvalue weighted by Gasteiger charge is 2.16. The first-order chi connectivity index (χ1) is 11.8. The molecule has 132 valence electrons. The Morgan fingerprint density at radius 2 is 1.84 bits per heavy atom. The molecule has 0 bridgehead atoms. The molecule has 0 heterocycles. The number of carbonyl (C=O) groups excluding carboxylic acids is 1. The van der Waals surface area contributed by atoms with Crippen LogP contribution in [0.3, 0.4) is 0 Å². The summed E-state index contributed by atoms with van der Waals surface area (Å²) in [7, 11) is 0. The van der Waals surface area contributed by atoms with E-state index < -0.39 is 6.10 Å². The summed E-state index contributed by atoms with van der Waals surface area (Å²) < 4.78 is 5.56. The number of ether oxygens (including phenoxy) is 1. The normalized spacial score (nSPS) is 12.6. The van der Waals surface area contributed by atoms with Gasteiger partial charge in [-0.25, -0.2) is 5.43 Å². The van der Waals surface area contributed by atoms with Gasteiger partial charge in [-0.3, -0.25) is 4.79 Å². The average Bonchev–Trinajstić information content (AvgIpc) is 2.57. The molecule has 1 amide bonds. The maximum atomic E-state index is 12.2. The topological polar surface area (TPSA) is 50.7 Å². The minimum atomic E-state index is -0.755. The molecule has 25 heavy (non-hydrogen) atoms. The number of aryl methyl sites for hydroxylation is 2. The molecule has 4 nitrogen and oxygen atoms in total. The third kappa shape index (κ3) is 5.21. The molecule has 0 saturated carbocycles. The third-order valence-electron chi connectivity index (χ3n) is 3.83. The Balaban J connectivity index is 2.01. The van der Waals surface area contributed by atoms with Crippen LogP contribution in [0.5, 0.6) is 5.75 Å². The summed E-state index contributed by atoms with van der Waals surface area (Å²) in [5.74, 6) is 0.0257. The summed E-state index contributed by atoms with van der Waals surface area (Å²) in [5.41, 5.74) is 6.58. The summed E-state index contributed by atoms with van der Waals surface area (Å²) in [6.07, 6.45) is -0.755. The lowest BCUT2D eigenvalue weighted by atomic mass is 10.0. The Morgan fingerprint density at radius 1 is 1.12 bits per heavy atom. The van der Waals surface area contributed by atoms with Gasteiger partial charge in [0.1, 0.15) is 5.75 Å². The van der Waals surface area contributed by atoms with Gasteiger partial charge in [0.2, 0.25) is 0 Å². The first kappa shape index (κ1) is 19.3. The zero-order valence-corrected chi connectivity index (χ0v) is 16.1. The fraction of sp³-hybridized carbons (Fsp3) is 0.263. The highest BCUT2D eigenvalue weighted by Crippen LogP contribution is 2.28. The number of nitrogens with zero attached hydrogens (tertiary/aromatic N) is 1. The molecular formula is C19H20Cl2N2O2. The number of rotatable bonds is 5. The second-order valence-corrected chi connectivity index (χ2v) is 6.65. The van der Waals surface area contributed by atoms with Crippen LogP contribution in [0.4, 0.5) is 0 Å². The molecule has 0 spiro atoms. The van der Waals surface area contributed by atoms with Crippen LogP contribution in [0.25, 0.3) is 0 Å². The molecule has 0 aliphatic heterocycles. The molecule has 0 fully saturated rings. The van der Waals surface area contributed by atoms with Crippen molar-refractivity contribution in [3.63, 3.8) is 0 Å². The zero-order valence-electron chi connectivity index (χ0n) is 14.6. The Hall–Kier alpha value is -2.04. The van der Waals surface area contributed by atoms with E-state index in [0.717, 1.165) is 5.56 Å². The quantitative estimate of drug-likeness (QED) is 0.592. The van der Waals surface area contributed by atoms with Gasteiger partial charge in [0.25, 0.3) is 5.91 Å². The van der Waals surface area contributed by atoms with Crippen LogP contribution < -0.4 is 10.2 Å². The van der Waals surface area contributed by atoms with Crippen LogP contribution in [-0.2, 0) is 4.79 Å². The van der Waals surface area contributed by atoms with Crippen LogP contribution in [0.2, 0.25) is 10.0 Å². The predicted molar refractivity (Wildman–Crippen MR) is 103 cm³/mol. The van der Waals surface area contributed by atoms with Crippen molar-refractivity contribution in [3.8, 4) is 5.75 Å². The van der Waals surface area contributed by atoms with Gasteiger partial charge < -0.3 is 4.74 Å². The van der Waals surface area contributed by atoms with Crippen LogP contribution in [0, 0.1) is 13.8 Å². The largest absolute Gasteiger partial charge is 0.479 e. The van der Waals surface area contributed by atoms with Crippen molar-refractivity contribution in [2.45, 2.75) is 33.8 Å². The Morgan fingerprint density at radius 3 is 2.48 bits per heavy atom. The third-order valence-corrected chi connectivity index (χ3v) is 4.36. The molecule has 1 atom stereocenters. The molecular weight excluding hydrogens is 359 g/mol. The van der Waals surface area contributed by atoms with Gasteiger partial charge in [-0.1, -0.05) is 35.3 Å². The molecule has 1 N–H and O–H groups in total. The van der Waals surface area contributed by atoms with Gasteiger partial charge in [0.15, 0.2) is 6.10 Å². The number of hydrogen-bond donors (Lipinski definition) is 1. The summed E-state index contributed by atoms with van der Waals surface area (Å²) in [6, 6.07) is 10.9. The van der Waals surface area contributed by atoms with E-state index in [4.69, 9.17) is 27.9 Å². The monoisotopic (exact) mass is 378 g/mol. The first-order valence-corrected chi connectivity index (χ1v) is 8.57. The Kier molecular flexibility index (Phi) is 6.45. The van der Waals surface area contributed by atoms with Gasteiger partial charge in [0.05, 0.1) is 10.7 Å². The predicted octanol–water partition coefficient (Wildman–Crippen LogP) is 4.92. The van der Waals surface area contributed by atoms with E-state index in [2.05, 4.69) is 10.5 Å². The number of amides is 1. The SMILES string of the molecule is CC(=NNC(=O)C(C)Oc1ccc(Cl)cc1Cl)c1ccc(C)c(C)c1. The minimum absolute atomic E-state index is 0.349. The molecule has 2 rings (SSSR count). The van der Waals surface area contributed by atoms with E-state index in [1.54, 1.807) is 25.1 Å². The lowest BCUT2D eigenvalue weighted by Crippen LogP contribution is -2.34. The second-order valence-electron chi connectivity index (χ2n) is 5.81. The van der Waals surface area contributed by atoms with E-state index in [1.807, 2.05) is 39.0 Å². The smallest absolute Gasteiger partial charge is 0.280 e. The van der Waals surface area contributed by atoms with Gasteiger partial charge in [0, 0.05) is 5.02 Å². The van der Waals surface area contributed by atoms with Crippen molar-refractivity contribution in [2.24, 2.45) is 5.10 Å². The molecule has 2 aromatic carbocycles. The standard InChI is InChI=1S/C19H20Cl2N2O2/c1-11-5-6-15(9-12(11)2)13(3)22-23-19(24)14(4)25-18-8-7-16(20)10-17(18)21/h5-10,14H,1-4H3,(H,23,24). The second kappa shape index (κ2) is 8.37. The fourth-order valence-corrected chi connectivity index (χ4v) is 2.53. The van der Waals surface area contributed by atoms with E-state index in [-0.39, 0.29) is 5.91 Å². The minimum Gasteiger partial charge on any atom is -0.479 e. The molecule has 1 unspecified atom stereocenters. The fourth-order valence-electron chi connectivity index (χ4n) is 2.08. The highest BCUT2D eigenvalue weighted by atomic mass is 35.5. The molecule has 0 aliphatic carbocycles. The zero-order chi connectivity index (χ0) is 18.6. The molecule has 0 aliphatic rings. The van der Waals surface area contributed by atoms with Crippen LogP contribution in [0.15, 0.2) is 41.5 Å². The summed E-state index contributed by atoms with van der Waals surface area (Å²) >= 11 is 11.9. The Labute approximate surface area is 157 Å². The average molecular weight is 379 g/mol. The lowest BCUT2D eigenvalue weighted by Gasteiger charge is -2.14. The highest BCUT2D eigenvalue weighted by molar-refractivity contribution is 6.35. The molecule has 0 radical (unpaired) electrons. The molecule has 6 heteroatoms. The molecule has 0 aromatic heterocycles. The van der Waals surface area contributed by atoms with E-state index in [0.29, 0.717) is 21.5 Å². The van der Waals surface area contributed by atoms with Crippen molar-refractivity contribution in [1.29, 1.82) is 0 Å². The van der Waals surface area contributed by atoms with Crippen molar-refractivity contribution >= 4 is 34.8 Å². The van der Waals surface area contributed by atoms with Gasteiger partial charge in [-0.15, -0.1) is 0 Å². The summed E-state index contributed by atoms with van der Waals surface area (Å²) in [4.78, 5) is 12.2. The number of hydrogen-bond acceptors (Lipinski definition) is 3. The molecule has 0 saturated heterocycles. The Bertz CT molecular complexity index is 819.